The Morgan fingerprint density at radius 2 is 1.73 bits per heavy atom. The number of alkyl halides is 1. The van der Waals surface area contributed by atoms with Gasteiger partial charge >= 0.3 is 0 Å². The summed E-state index contributed by atoms with van der Waals surface area (Å²) in [5.41, 5.74) is 1.78. The summed E-state index contributed by atoms with van der Waals surface area (Å²) in [6.07, 6.45) is 0. The summed E-state index contributed by atoms with van der Waals surface area (Å²) in [6, 6.07) is 13.3. The van der Waals surface area contributed by atoms with Gasteiger partial charge in [0.2, 0.25) is 0 Å². The molecule has 0 N–H and O–H groups in total. The molecule has 0 radical (unpaired) electrons. The Labute approximate surface area is 87.2 Å². The Morgan fingerprint density at radius 1 is 0.933 bits per heavy atom. The van der Waals surface area contributed by atoms with Crippen molar-refractivity contribution in [2.75, 3.05) is 0 Å². The molecule has 2 aromatic carbocycles. The van der Waals surface area contributed by atoms with Crippen molar-refractivity contribution in [2.24, 2.45) is 0 Å². The van der Waals surface area contributed by atoms with Gasteiger partial charge in [0, 0.05) is 5.56 Å². The van der Waals surface area contributed by atoms with Gasteiger partial charge in [-0.15, -0.1) is 0 Å². The Hall–Kier alpha value is -1.70. The van der Waals surface area contributed by atoms with E-state index in [0.29, 0.717) is 16.7 Å². The van der Waals surface area contributed by atoms with Gasteiger partial charge in [-0.2, -0.15) is 0 Å². The third-order valence-electron chi connectivity index (χ3n) is 2.27. The van der Waals surface area contributed by atoms with Gasteiger partial charge in [-0.05, 0) is 23.3 Å². The Morgan fingerprint density at radius 3 is 2.47 bits per heavy atom. The van der Waals surface area contributed by atoms with Crippen molar-refractivity contribution in [1.82, 2.24) is 0 Å². The lowest BCUT2D eigenvalue weighted by atomic mass is 10.0. The molecule has 76 valence electrons. The zero-order chi connectivity index (χ0) is 10.7. The van der Waals surface area contributed by atoms with Crippen LogP contribution in [0.15, 0.2) is 48.5 Å². The van der Waals surface area contributed by atoms with E-state index in [1.54, 1.807) is 42.5 Å². The smallest absolute Gasteiger partial charge is 0.131 e. The molecule has 0 unspecified atom stereocenters. The molecule has 0 nitrogen and oxygen atoms in total. The van der Waals surface area contributed by atoms with Gasteiger partial charge in [-0.25, -0.2) is 8.78 Å². The Balaban J connectivity index is 2.49. The molecule has 0 aromatic heterocycles. The van der Waals surface area contributed by atoms with Crippen LogP contribution in [-0.4, -0.2) is 0 Å². The largest absolute Gasteiger partial charge is 0.246 e. The van der Waals surface area contributed by atoms with Crippen molar-refractivity contribution in [3.63, 3.8) is 0 Å². The van der Waals surface area contributed by atoms with Crippen LogP contribution >= 0.6 is 0 Å². The fraction of sp³-hybridized carbons (Fsp3) is 0.0769. The van der Waals surface area contributed by atoms with Gasteiger partial charge in [-0.3, -0.25) is 0 Å². The molecule has 0 spiro atoms. The molecule has 0 aliphatic carbocycles. The first-order chi connectivity index (χ1) is 7.31. The molecule has 0 bridgehead atoms. The van der Waals surface area contributed by atoms with Crippen molar-refractivity contribution >= 4 is 0 Å². The fourth-order valence-corrected chi connectivity index (χ4v) is 1.52. The lowest BCUT2D eigenvalue weighted by molar-refractivity contribution is 0.485. The first kappa shape index (κ1) is 9.84. The normalized spacial score (nSPS) is 10.3. The van der Waals surface area contributed by atoms with Gasteiger partial charge in [0.15, 0.2) is 0 Å². The van der Waals surface area contributed by atoms with E-state index < -0.39 is 6.67 Å². The van der Waals surface area contributed by atoms with Gasteiger partial charge in [0.05, 0.1) is 0 Å². The number of rotatable bonds is 2. The SMILES string of the molecule is FCc1cccc(-c2ccccc2F)c1. The van der Waals surface area contributed by atoms with Gasteiger partial charge < -0.3 is 0 Å². The zero-order valence-electron chi connectivity index (χ0n) is 8.08. The quantitative estimate of drug-likeness (QED) is 0.694. The van der Waals surface area contributed by atoms with Crippen LogP contribution in [0.4, 0.5) is 8.78 Å². The van der Waals surface area contributed by atoms with Crippen LogP contribution in [0, 0.1) is 5.82 Å². The summed E-state index contributed by atoms with van der Waals surface area (Å²) in [5, 5.41) is 0. The molecular formula is C13H10F2. The van der Waals surface area contributed by atoms with Crippen LogP contribution in [0.5, 0.6) is 0 Å². The number of hydrogen-bond acceptors (Lipinski definition) is 0. The minimum absolute atomic E-state index is 0.284. The van der Waals surface area contributed by atoms with E-state index in [-0.39, 0.29) is 5.82 Å². The molecule has 0 saturated carbocycles. The second-order valence-corrected chi connectivity index (χ2v) is 3.31. The molecule has 0 aliphatic rings. The van der Waals surface area contributed by atoms with Crippen LogP contribution in [0.25, 0.3) is 11.1 Å². The molecule has 0 saturated heterocycles. The zero-order valence-corrected chi connectivity index (χ0v) is 8.08. The molecule has 2 rings (SSSR count). The van der Waals surface area contributed by atoms with Crippen molar-refractivity contribution < 1.29 is 8.78 Å². The fourth-order valence-electron chi connectivity index (χ4n) is 1.52. The first-order valence-corrected chi connectivity index (χ1v) is 4.71. The summed E-state index contributed by atoms with van der Waals surface area (Å²) in [5.74, 6) is -0.284. The topological polar surface area (TPSA) is 0 Å². The lowest BCUT2D eigenvalue weighted by Gasteiger charge is -2.04. The molecule has 2 heteroatoms. The average molecular weight is 204 g/mol. The molecule has 0 aliphatic heterocycles. The lowest BCUT2D eigenvalue weighted by Crippen LogP contribution is -1.85. The van der Waals surface area contributed by atoms with Crippen molar-refractivity contribution in [3.05, 3.63) is 59.9 Å². The van der Waals surface area contributed by atoms with Gasteiger partial charge in [-0.1, -0.05) is 36.4 Å². The van der Waals surface area contributed by atoms with E-state index in [0.717, 1.165) is 0 Å². The minimum Gasteiger partial charge on any atom is -0.246 e. The molecule has 0 atom stereocenters. The van der Waals surface area contributed by atoms with Crippen LogP contribution in [-0.2, 0) is 6.67 Å². The average Bonchev–Trinajstić information content (AvgIpc) is 2.30. The maximum absolute atomic E-state index is 13.4. The number of benzene rings is 2. The van der Waals surface area contributed by atoms with Gasteiger partial charge in [0.25, 0.3) is 0 Å². The molecule has 2 aromatic rings. The highest BCUT2D eigenvalue weighted by molar-refractivity contribution is 5.64. The van der Waals surface area contributed by atoms with Crippen molar-refractivity contribution in [3.8, 4) is 11.1 Å². The van der Waals surface area contributed by atoms with E-state index in [1.165, 1.54) is 6.07 Å². The third-order valence-corrected chi connectivity index (χ3v) is 2.27. The van der Waals surface area contributed by atoms with Crippen LogP contribution in [0.3, 0.4) is 0 Å². The third kappa shape index (κ3) is 2.04. The summed E-state index contributed by atoms with van der Waals surface area (Å²) >= 11 is 0. The standard InChI is InChI=1S/C13H10F2/c14-9-10-4-3-5-11(8-10)12-6-1-2-7-13(12)15/h1-8H,9H2. The van der Waals surface area contributed by atoms with E-state index in [2.05, 4.69) is 0 Å². The second-order valence-electron chi connectivity index (χ2n) is 3.31. The Bertz CT molecular complexity index is 464. The summed E-state index contributed by atoms with van der Waals surface area (Å²) < 4.78 is 25.8. The minimum atomic E-state index is -0.526. The molecule has 0 fully saturated rings. The van der Waals surface area contributed by atoms with E-state index >= 15 is 0 Å². The predicted octanol–water partition coefficient (Wildman–Crippen LogP) is 3.96. The monoisotopic (exact) mass is 204 g/mol. The van der Waals surface area contributed by atoms with Crippen LogP contribution < -0.4 is 0 Å². The van der Waals surface area contributed by atoms with Crippen LogP contribution in [0.2, 0.25) is 0 Å². The highest BCUT2D eigenvalue weighted by Crippen LogP contribution is 2.23. The Kier molecular flexibility index (Phi) is 2.77. The molecule has 0 amide bonds. The first-order valence-electron chi connectivity index (χ1n) is 4.71. The van der Waals surface area contributed by atoms with Gasteiger partial charge in [0.1, 0.15) is 12.5 Å². The summed E-state index contributed by atoms with van der Waals surface area (Å²) in [7, 11) is 0. The highest BCUT2D eigenvalue weighted by Gasteiger charge is 2.03. The van der Waals surface area contributed by atoms with Crippen LogP contribution in [0.1, 0.15) is 5.56 Å². The van der Waals surface area contributed by atoms with E-state index in [4.69, 9.17) is 0 Å². The summed E-state index contributed by atoms with van der Waals surface area (Å²) in [6.45, 7) is -0.526. The predicted molar refractivity (Wildman–Crippen MR) is 56.6 cm³/mol. The van der Waals surface area contributed by atoms with E-state index in [9.17, 15) is 8.78 Å². The second kappa shape index (κ2) is 4.22. The molecular weight excluding hydrogens is 194 g/mol. The summed E-state index contributed by atoms with van der Waals surface area (Å²) in [4.78, 5) is 0. The molecule has 0 heterocycles. The maximum Gasteiger partial charge on any atom is 0.131 e. The highest BCUT2D eigenvalue weighted by atomic mass is 19.1. The van der Waals surface area contributed by atoms with Crippen molar-refractivity contribution in [1.29, 1.82) is 0 Å². The van der Waals surface area contributed by atoms with E-state index in [1.807, 2.05) is 0 Å². The molecule has 15 heavy (non-hydrogen) atoms. The number of halogens is 2. The van der Waals surface area contributed by atoms with Crippen molar-refractivity contribution in [2.45, 2.75) is 6.67 Å². The maximum atomic E-state index is 13.4. The number of hydrogen-bond donors (Lipinski definition) is 0.